The number of amides is 1. The molecule has 0 bridgehead atoms. The number of pyridine rings is 1. The zero-order valence-electron chi connectivity index (χ0n) is 20.8. The van der Waals surface area contributed by atoms with Gasteiger partial charge in [0.25, 0.3) is 0 Å². The Bertz CT molecular complexity index is 1180. The Kier molecular flexibility index (Phi) is 10.1. The molecule has 1 aliphatic heterocycles. The summed E-state index contributed by atoms with van der Waals surface area (Å²) in [6.07, 6.45) is 2.15. The summed E-state index contributed by atoms with van der Waals surface area (Å²) < 4.78 is 21.5. The van der Waals surface area contributed by atoms with Crippen LogP contribution in [0.4, 0.5) is 0 Å². The SMILES string of the molecule is C=C[C@@H]1C[C@]1(NC(=O)[C@@H]1C[C@@H](Oc2cc(C(=O)OC)nc3cc(OC)ccc23)CN1)C(=O)OCC.Cl.Cl. The molecule has 1 aliphatic carbocycles. The van der Waals surface area contributed by atoms with Crippen LogP contribution in [0.2, 0.25) is 0 Å². The molecule has 4 atom stereocenters. The van der Waals surface area contributed by atoms with E-state index < -0.39 is 23.5 Å². The summed E-state index contributed by atoms with van der Waals surface area (Å²) in [5.41, 5.74) is -0.433. The first-order valence-corrected chi connectivity index (χ1v) is 11.4. The smallest absolute Gasteiger partial charge is 0.356 e. The number of carbonyl (C=O) groups is 3. The van der Waals surface area contributed by atoms with E-state index in [9.17, 15) is 14.4 Å². The number of esters is 2. The lowest BCUT2D eigenvalue weighted by molar-refractivity contribution is -0.149. The molecule has 2 N–H and O–H groups in total. The Morgan fingerprint density at radius 1 is 1.24 bits per heavy atom. The van der Waals surface area contributed by atoms with Crippen molar-refractivity contribution >= 4 is 53.6 Å². The van der Waals surface area contributed by atoms with Gasteiger partial charge < -0.3 is 29.6 Å². The second-order valence-electron chi connectivity index (χ2n) is 8.54. The number of nitrogens with zero attached hydrogens (tertiary/aromatic N) is 1. The second-order valence-corrected chi connectivity index (χ2v) is 8.54. The van der Waals surface area contributed by atoms with Gasteiger partial charge in [-0.05, 0) is 25.5 Å². The predicted octanol–water partition coefficient (Wildman–Crippen LogP) is 2.61. The Hall–Kier alpha value is -3.08. The lowest BCUT2D eigenvalue weighted by Crippen LogP contribution is -2.51. The quantitative estimate of drug-likeness (QED) is 0.354. The van der Waals surface area contributed by atoms with Gasteiger partial charge in [0.05, 0.1) is 32.4 Å². The Morgan fingerprint density at radius 3 is 2.62 bits per heavy atom. The highest BCUT2D eigenvalue weighted by Crippen LogP contribution is 2.45. The fraction of sp³-hybridized carbons (Fsp3) is 0.440. The number of aromatic nitrogens is 1. The molecule has 1 aromatic heterocycles. The van der Waals surface area contributed by atoms with Gasteiger partial charge >= 0.3 is 11.9 Å². The third kappa shape index (κ3) is 6.08. The molecule has 0 unspecified atom stereocenters. The number of rotatable bonds is 9. The number of methoxy groups -OCH3 is 2. The molecular formula is C25H31Cl2N3O7. The molecule has 1 amide bonds. The summed E-state index contributed by atoms with van der Waals surface area (Å²) in [6, 6.07) is 6.26. The third-order valence-electron chi connectivity index (χ3n) is 6.36. The van der Waals surface area contributed by atoms with Crippen LogP contribution in [0, 0.1) is 5.92 Å². The van der Waals surface area contributed by atoms with Crippen molar-refractivity contribution in [1.82, 2.24) is 15.6 Å². The van der Waals surface area contributed by atoms with E-state index in [1.54, 1.807) is 38.3 Å². The number of nitrogens with one attached hydrogen (secondary N) is 2. The van der Waals surface area contributed by atoms with Crippen molar-refractivity contribution in [3.63, 3.8) is 0 Å². The van der Waals surface area contributed by atoms with Crippen molar-refractivity contribution in [1.29, 1.82) is 0 Å². The van der Waals surface area contributed by atoms with Gasteiger partial charge in [-0.3, -0.25) is 4.79 Å². The summed E-state index contributed by atoms with van der Waals surface area (Å²) in [4.78, 5) is 41.9. The van der Waals surface area contributed by atoms with Crippen LogP contribution in [0.15, 0.2) is 36.9 Å². The number of ether oxygens (including phenoxy) is 4. The largest absolute Gasteiger partial charge is 0.497 e. The van der Waals surface area contributed by atoms with Crippen LogP contribution in [0.25, 0.3) is 10.9 Å². The van der Waals surface area contributed by atoms with Gasteiger partial charge in [-0.2, -0.15) is 0 Å². The first-order chi connectivity index (χ1) is 16.8. The molecule has 10 nitrogen and oxygen atoms in total. The normalized spacial score (nSPS) is 23.6. The molecule has 12 heteroatoms. The Balaban J connectivity index is 0.00000241. The minimum absolute atomic E-state index is 0. The van der Waals surface area contributed by atoms with Crippen LogP contribution < -0.4 is 20.1 Å². The number of halogens is 2. The minimum atomic E-state index is -1.05. The molecule has 0 radical (unpaired) electrons. The molecule has 2 heterocycles. The number of fused-ring (bicyclic) bond motifs is 1. The van der Waals surface area contributed by atoms with Crippen molar-refractivity contribution in [2.24, 2.45) is 5.92 Å². The van der Waals surface area contributed by atoms with E-state index in [2.05, 4.69) is 22.2 Å². The highest BCUT2D eigenvalue weighted by Gasteiger charge is 2.61. The van der Waals surface area contributed by atoms with Crippen molar-refractivity contribution < 1.29 is 33.3 Å². The van der Waals surface area contributed by atoms with Gasteiger partial charge in [-0.15, -0.1) is 31.4 Å². The summed E-state index contributed by atoms with van der Waals surface area (Å²) in [5, 5.41) is 6.71. The molecule has 2 aromatic rings. The number of carbonyl (C=O) groups excluding carboxylic acids is 3. The van der Waals surface area contributed by atoms with Crippen LogP contribution >= 0.6 is 24.8 Å². The Morgan fingerprint density at radius 2 is 2.00 bits per heavy atom. The van der Waals surface area contributed by atoms with E-state index >= 15 is 0 Å². The van der Waals surface area contributed by atoms with Crippen molar-refractivity contribution in [3.8, 4) is 11.5 Å². The highest BCUT2D eigenvalue weighted by molar-refractivity contribution is 5.95. The molecule has 1 aromatic carbocycles. The first-order valence-electron chi connectivity index (χ1n) is 11.4. The molecule has 2 aliphatic rings. The Labute approximate surface area is 227 Å². The van der Waals surface area contributed by atoms with E-state index in [1.165, 1.54) is 13.2 Å². The minimum Gasteiger partial charge on any atom is -0.497 e. The van der Waals surface area contributed by atoms with Gasteiger partial charge in [0.2, 0.25) is 5.91 Å². The number of benzene rings is 1. The van der Waals surface area contributed by atoms with Gasteiger partial charge in [0, 0.05) is 36.4 Å². The van der Waals surface area contributed by atoms with E-state index in [0.29, 0.717) is 41.8 Å². The van der Waals surface area contributed by atoms with Crippen molar-refractivity contribution in [3.05, 3.63) is 42.6 Å². The van der Waals surface area contributed by atoms with Crippen molar-refractivity contribution in [2.45, 2.75) is 37.5 Å². The number of hydrogen-bond donors (Lipinski definition) is 2. The summed E-state index contributed by atoms with van der Waals surface area (Å²) in [7, 11) is 2.83. The molecular weight excluding hydrogens is 525 g/mol. The molecule has 0 spiro atoms. The fourth-order valence-electron chi connectivity index (χ4n) is 4.35. The van der Waals surface area contributed by atoms with E-state index in [0.717, 1.165) is 0 Å². The van der Waals surface area contributed by atoms with Gasteiger partial charge in [0.15, 0.2) is 5.69 Å². The average molecular weight is 556 g/mol. The predicted molar refractivity (Wildman–Crippen MR) is 141 cm³/mol. The fourth-order valence-corrected chi connectivity index (χ4v) is 4.35. The van der Waals surface area contributed by atoms with Gasteiger partial charge in [-0.25, -0.2) is 14.6 Å². The molecule has 1 saturated heterocycles. The van der Waals surface area contributed by atoms with E-state index in [-0.39, 0.29) is 55.0 Å². The van der Waals surface area contributed by atoms with Gasteiger partial charge in [-0.1, -0.05) is 6.08 Å². The number of hydrogen-bond acceptors (Lipinski definition) is 9. The molecule has 37 heavy (non-hydrogen) atoms. The van der Waals surface area contributed by atoms with Crippen LogP contribution in [-0.4, -0.2) is 67.9 Å². The maximum atomic E-state index is 13.0. The lowest BCUT2D eigenvalue weighted by Gasteiger charge is -2.20. The standard InChI is InChI=1S/C25H29N3O7.2ClH/c1-5-14-12-25(14,24(31)34-6-2)28-22(29)19-10-16(13-26-19)35-21-11-20(23(30)33-4)27-18-9-15(32-3)7-8-17(18)21;;/h5,7-9,11,14,16,19,26H,1,6,10,12-13H2,2-4H3,(H,28,29);2*1H/t14-,16-,19+,25-;;/m1../s1. The van der Waals surface area contributed by atoms with Crippen LogP contribution in [-0.2, 0) is 19.1 Å². The second kappa shape index (κ2) is 12.4. The highest BCUT2D eigenvalue weighted by atomic mass is 35.5. The van der Waals surface area contributed by atoms with Crippen LogP contribution in [0.3, 0.4) is 0 Å². The summed E-state index contributed by atoms with van der Waals surface area (Å²) in [6.45, 7) is 6.11. The monoisotopic (exact) mass is 555 g/mol. The topological polar surface area (TPSA) is 125 Å². The molecule has 4 rings (SSSR count). The summed E-state index contributed by atoms with van der Waals surface area (Å²) in [5.74, 6) is -0.456. The van der Waals surface area contributed by atoms with E-state index in [4.69, 9.17) is 18.9 Å². The molecule has 1 saturated carbocycles. The zero-order valence-corrected chi connectivity index (χ0v) is 22.4. The van der Waals surface area contributed by atoms with Crippen LogP contribution in [0.5, 0.6) is 11.5 Å². The molecule has 2 fully saturated rings. The van der Waals surface area contributed by atoms with E-state index in [1.807, 2.05) is 0 Å². The van der Waals surface area contributed by atoms with Gasteiger partial charge in [0.1, 0.15) is 23.1 Å². The third-order valence-corrected chi connectivity index (χ3v) is 6.36. The molecule has 202 valence electrons. The lowest BCUT2D eigenvalue weighted by atomic mass is 10.1. The summed E-state index contributed by atoms with van der Waals surface area (Å²) >= 11 is 0. The van der Waals surface area contributed by atoms with Crippen molar-refractivity contribution in [2.75, 3.05) is 27.4 Å². The average Bonchev–Trinajstić information content (AvgIpc) is 3.38. The first kappa shape index (κ1) is 30.1. The zero-order chi connectivity index (χ0) is 25.2. The maximum absolute atomic E-state index is 13.0. The van der Waals surface area contributed by atoms with Crippen LogP contribution in [0.1, 0.15) is 30.3 Å². The maximum Gasteiger partial charge on any atom is 0.356 e.